The van der Waals surface area contributed by atoms with Crippen LogP contribution in [0.25, 0.3) is 0 Å². The van der Waals surface area contributed by atoms with Crippen molar-refractivity contribution < 1.29 is 19.4 Å². The molecule has 0 radical (unpaired) electrons. The van der Waals surface area contributed by atoms with Gasteiger partial charge in [-0.15, -0.1) is 11.3 Å². The molecule has 0 aliphatic carbocycles. The molecule has 6 heteroatoms. The lowest BCUT2D eigenvalue weighted by molar-refractivity contribution is 0.0733. The van der Waals surface area contributed by atoms with E-state index >= 15 is 0 Å². The van der Waals surface area contributed by atoms with Crippen LogP contribution in [0.4, 0.5) is 4.39 Å². The second kappa shape index (κ2) is 7.38. The van der Waals surface area contributed by atoms with Crippen molar-refractivity contribution in [3.63, 3.8) is 0 Å². The molecule has 4 nitrogen and oxygen atoms in total. The van der Waals surface area contributed by atoms with Gasteiger partial charge in [-0.1, -0.05) is 0 Å². The molecule has 2 aromatic rings. The Morgan fingerprint density at radius 2 is 2.09 bits per heavy atom. The van der Waals surface area contributed by atoms with Crippen molar-refractivity contribution in [2.24, 2.45) is 0 Å². The number of thiophene rings is 1. The third kappa shape index (κ3) is 4.05. The van der Waals surface area contributed by atoms with E-state index in [0.29, 0.717) is 19.5 Å². The van der Waals surface area contributed by atoms with Gasteiger partial charge in [0.1, 0.15) is 0 Å². The number of phenols is 1. The van der Waals surface area contributed by atoms with Crippen molar-refractivity contribution in [3.05, 3.63) is 51.5 Å². The summed E-state index contributed by atoms with van der Waals surface area (Å²) in [5.74, 6) is -1.60. The first kappa shape index (κ1) is 16.5. The molecular weight excluding hydrogens is 305 g/mol. The number of carbonyl (C=O) groups is 1. The molecule has 1 amide bonds. The smallest absolute Gasteiger partial charge is 0.254 e. The Bertz CT molecular complexity index is 657. The minimum absolute atomic E-state index is 0.0120. The Morgan fingerprint density at radius 3 is 2.68 bits per heavy atom. The van der Waals surface area contributed by atoms with Crippen molar-refractivity contribution in [1.82, 2.24) is 4.90 Å². The number of aliphatic hydroxyl groups is 1. The molecule has 0 saturated heterocycles. The minimum Gasteiger partial charge on any atom is -0.505 e. The average Bonchev–Trinajstić information content (AvgIpc) is 2.91. The van der Waals surface area contributed by atoms with Gasteiger partial charge in [0.05, 0.1) is 6.54 Å². The number of hydrogen-bond donors (Lipinski definition) is 2. The van der Waals surface area contributed by atoms with Crippen molar-refractivity contribution >= 4 is 17.2 Å². The highest BCUT2D eigenvalue weighted by Gasteiger charge is 2.18. The summed E-state index contributed by atoms with van der Waals surface area (Å²) in [6.45, 7) is 2.80. The normalized spacial score (nSPS) is 10.7. The summed E-state index contributed by atoms with van der Waals surface area (Å²) in [6, 6.07) is 7.49. The lowest BCUT2D eigenvalue weighted by Gasteiger charge is -2.22. The number of aryl methyl sites for hydroxylation is 1. The highest BCUT2D eigenvalue weighted by molar-refractivity contribution is 7.11. The van der Waals surface area contributed by atoms with Gasteiger partial charge in [-0.05, 0) is 43.7 Å². The number of amides is 1. The Kier molecular flexibility index (Phi) is 5.51. The van der Waals surface area contributed by atoms with Crippen LogP contribution in [-0.4, -0.2) is 34.2 Å². The third-order valence-corrected chi connectivity index (χ3v) is 4.19. The van der Waals surface area contributed by atoms with Crippen LogP contribution in [0.1, 0.15) is 26.5 Å². The third-order valence-electron chi connectivity index (χ3n) is 3.21. The molecule has 0 unspecified atom stereocenters. The highest BCUT2D eigenvalue weighted by atomic mass is 32.1. The molecule has 118 valence electrons. The fourth-order valence-corrected chi connectivity index (χ4v) is 3.01. The van der Waals surface area contributed by atoms with E-state index in [1.165, 1.54) is 6.07 Å². The summed E-state index contributed by atoms with van der Waals surface area (Å²) in [7, 11) is 0. The molecule has 0 spiro atoms. The Labute approximate surface area is 132 Å². The van der Waals surface area contributed by atoms with E-state index in [0.717, 1.165) is 21.9 Å². The molecule has 0 aliphatic heterocycles. The van der Waals surface area contributed by atoms with Gasteiger partial charge in [-0.25, -0.2) is 4.39 Å². The van der Waals surface area contributed by atoms with Crippen LogP contribution < -0.4 is 0 Å². The number of rotatable bonds is 6. The first-order chi connectivity index (χ1) is 10.5. The molecule has 1 aromatic heterocycles. The van der Waals surface area contributed by atoms with Gasteiger partial charge in [-0.2, -0.15) is 0 Å². The monoisotopic (exact) mass is 323 g/mol. The Balaban J connectivity index is 2.19. The van der Waals surface area contributed by atoms with E-state index in [1.54, 1.807) is 16.2 Å². The lowest BCUT2D eigenvalue weighted by Crippen LogP contribution is -2.31. The predicted molar refractivity (Wildman–Crippen MR) is 83.6 cm³/mol. The molecule has 1 heterocycles. The molecule has 22 heavy (non-hydrogen) atoms. The molecule has 0 bridgehead atoms. The standard InChI is InChI=1S/C16H18FNO3S/c1-11-3-5-13(22-11)10-18(7-2-8-19)16(21)12-4-6-14(17)15(20)9-12/h3-6,9,19-20H,2,7-8,10H2,1H3. The van der Waals surface area contributed by atoms with E-state index in [-0.39, 0.29) is 18.1 Å². The van der Waals surface area contributed by atoms with Crippen LogP contribution in [0, 0.1) is 12.7 Å². The number of benzene rings is 1. The van der Waals surface area contributed by atoms with E-state index in [2.05, 4.69) is 0 Å². The summed E-state index contributed by atoms with van der Waals surface area (Å²) < 4.78 is 13.1. The van der Waals surface area contributed by atoms with Crippen LogP contribution in [0.2, 0.25) is 0 Å². The molecule has 0 atom stereocenters. The van der Waals surface area contributed by atoms with Gasteiger partial charge in [0.15, 0.2) is 11.6 Å². The zero-order valence-electron chi connectivity index (χ0n) is 12.3. The highest BCUT2D eigenvalue weighted by Crippen LogP contribution is 2.21. The molecular formula is C16H18FNO3S. The first-order valence-electron chi connectivity index (χ1n) is 6.95. The second-order valence-corrected chi connectivity index (χ2v) is 6.35. The van der Waals surface area contributed by atoms with Crippen molar-refractivity contribution in [3.8, 4) is 5.75 Å². The SMILES string of the molecule is Cc1ccc(CN(CCCO)C(=O)c2ccc(F)c(O)c2)s1. The molecule has 0 saturated carbocycles. The number of halogens is 1. The zero-order chi connectivity index (χ0) is 16.1. The van der Waals surface area contributed by atoms with Gasteiger partial charge in [-0.3, -0.25) is 4.79 Å². The molecule has 2 N–H and O–H groups in total. The van der Waals surface area contributed by atoms with E-state index < -0.39 is 11.6 Å². The van der Waals surface area contributed by atoms with Gasteiger partial charge in [0.2, 0.25) is 0 Å². The first-order valence-corrected chi connectivity index (χ1v) is 7.77. The van der Waals surface area contributed by atoms with Gasteiger partial charge >= 0.3 is 0 Å². The maximum atomic E-state index is 13.1. The lowest BCUT2D eigenvalue weighted by atomic mass is 10.1. The average molecular weight is 323 g/mol. The van der Waals surface area contributed by atoms with Crippen molar-refractivity contribution in [2.75, 3.05) is 13.2 Å². The summed E-state index contributed by atoms with van der Waals surface area (Å²) in [6.07, 6.45) is 0.462. The molecule has 2 rings (SSSR count). The summed E-state index contributed by atoms with van der Waals surface area (Å²) in [5, 5.41) is 18.4. The van der Waals surface area contributed by atoms with Gasteiger partial charge < -0.3 is 15.1 Å². The van der Waals surface area contributed by atoms with Crippen LogP contribution in [0.5, 0.6) is 5.75 Å². The fourth-order valence-electron chi connectivity index (χ4n) is 2.10. The van der Waals surface area contributed by atoms with Gasteiger partial charge in [0.25, 0.3) is 5.91 Å². The maximum absolute atomic E-state index is 13.1. The van der Waals surface area contributed by atoms with Crippen LogP contribution in [-0.2, 0) is 6.54 Å². The summed E-state index contributed by atoms with van der Waals surface area (Å²) in [5.41, 5.74) is 0.227. The molecule has 1 aromatic carbocycles. The van der Waals surface area contributed by atoms with E-state index in [9.17, 15) is 14.3 Å². The number of nitrogens with zero attached hydrogens (tertiary/aromatic N) is 1. The number of hydrogen-bond acceptors (Lipinski definition) is 4. The summed E-state index contributed by atoms with van der Waals surface area (Å²) in [4.78, 5) is 16.3. The van der Waals surface area contributed by atoms with Crippen molar-refractivity contribution in [1.29, 1.82) is 0 Å². The number of phenolic OH excluding ortho intramolecular Hbond substituents is 1. The minimum atomic E-state index is -0.757. The van der Waals surface area contributed by atoms with E-state index in [1.807, 2.05) is 19.1 Å². The molecule has 0 aliphatic rings. The number of aliphatic hydroxyl groups excluding tert-OH is 1. The Morgan fingerprint density at radius 1 is 1.32 bits per heavy atom. The predicted octanol–water partition coefficient (Wildman–Crippen LogP) is 2.93. The fraction of sp³-hybridized carbons (Fsp3) is 0.312. The quantitative estimate of drug-likeness (QED) is 0.859. The second-order valence-electron chi connectivity index (χ2n) is 4.98. The van der Waals surface area contributed by atoms with Crippen LogP contribution >= 0.6 is 11.3 Å². The number of aromatic hydroxyl groups is 1. The van der Waals surface area contributed by atoms with E-state index in [4.69, 9.17) is 5.11 Å². The Hall–Kier alpha value is -1.92. The van der Waals surface area contributed by atoms with Crippen LogP contribution in [0.15, 0.2) is 30.3 Å². The largest absolute Gasteiger partial charge is 0.505 e. The number of carbonyl (C=O) groups excluding carboxylic acids is 1. The molecule has 0 fully saturated rings. The van der Waals surface area contributed by atoms with Crippen LogP contribution in [0.3, 0.4) is 0 Å². The maximum Gasteiger partial charge on any atom is 0.254 e. The van der Waals surface area contributed by atoms with Crippen molar-refractivity contribution in [2.45, 2.75) is 19.9 Å². The summed E-state index contributed by atoms with van der Waals surface area (Å²) >= 11 is 1.60. The van der Waals surface area contributed by atoms with Gasteiger partial charge in [0, 0.05) is 28.5 Å². The zero-order valence-corrected chi connectivity index (χ0v) is 13.1. The topological polar surface area (TPSA) is 60.8 Å².